The third kappa shape index (κ3) is 4.92. The number of aromatic nitrogens is 3. The zero-order chi connectivity index (χ0) is 21.6. The van der Waals surface area contributed by atoms with E-state index in [0.29, 0.717) is 33.7 Å². The summed E-state index contributed by atoms with van der Waals surface area (Å²) in [6.07, 6.45) is 0. The molecule has 0 aliphatic rings. The number of halogens is 1. The van der Waals surface area contributed by atoms with Crippen molar-refractivity contribution in [3.05, 3.63) is 84.7 Å². The molecule has 31 heavy (non-hydrogen) atoms. The monoisotopic (exact) mass is 434 g/mol. The second kappa shape index (κ2) is 9.44. The molecule has 156 valence electrons. The first-order chi connectivity index (χ1) is 15.1. The van der Waals surface area contributed by atoms with Crippen molar-refractivity contribution in [3.63, 3.8) is 0 Å². The normalized spacial score (nSPS) is 10.6. The molecule has 0 bridgehead atoms. The molecule has 1 N–H and O–H groups in total. The fourth-order valence-corrected chi connectivity index (χ4v) is 3.62. The molecule has 0 atom stereocenters. The number of benzene rings is 3. The number of thioether (sulfide) groups is 1. The molecule has 4 aromatic rings. The lowest BCUT2D eigenvalue weighted by atomic mass is 10.2. The van der Waals surface area contributed by atoms with Crippen molar-refractivity contribution in [1.82, 2.24) is 14.8 Å². The van der Waals surface area contributed by atoms with E-state index in [9.17, 15) is 9.18 Å². The van der Waals surface area contributed by atoms with E-state index in [1.54, 1.807) is 41.9 Å². The van der Waals surface area contributed by atoms with Gasteiger partial charge in [-0.05, 0) is 36.4 Å². The third-order valence-corrected chi connectivity index (χ3v) is 5.43. The SMILES string of the molecule is Cn1c(SCC(=O)Nc2ccccc2Oc2ccccc2)nnc1-c1ccccc1F. The highest BCUT2D eigenvalue weighted by atomic mass is 32.2. The van der Waals surface area contributed by atoms with Crippen LogP contribution in [0.5, 0.6) is 11.5 Å². The lowest BCUT2D eigenvalue weighted by molar-refractivity contribution is -0.113. The Hall–Kier alpha value is -3.65. The van der Waals surface area contributed by atoms with Gasteiger partial charge in [-0.2, -0.15) is 0 Å². The van der Waals surface area contributed by atoms with Crippen molar-refractivity contribution < 1.29 is 13.9 Å². The smallest absolute Gasteiger partial charge is 0.234 e. The summed E-state index contributed by atoms with van der Waals surface area (Å²) in [5.74, 6) is 1.16. The summed E-state index contributed by atoms with van der Waals surface area (Å²) >= 11 is 1.22. The average molecular weight is 434 g/mol. The van der Waals surface area contributed by atoms with Gasteiger partial charge in [0.15, 0.2) is 16.7 Å². The molecular formula is C23H19FN4O2S. The van der Waals surface area contributed by atoms with Crippen LogP contribution in [0.15, 0.2) is 84.0 Å². The third-order valence-electron chi connectivity index (χ3n) is 4.41. The van der Waals surface area contributed by atoms with E-state index in [4.69, 9.17) is 4.74 Å². The Morgan fingerprint density at radius 2 is 1.71 bits per heavy atom. The summed E-state index contributed by atoms with van der Waals surface area (Å²) in [5, 5.41) is 11.5. The lowest BCUT2D eigenvalue weighted by Gasteiger charge is -2.12. The molecule has 8 heteroatoms. The predicted octanol–water partition coefficient (Wildman–Crippen LogP) is 5.14. The highest BCUT2D eigenvalue weighted by Crippen LogP contribution is 2.30. The molecule has 0 aliphatic heterocycles. The lowest BCUT2D eigenvalue weighted by Crippen LogP contribution is -2.15. The maximum Gasteiger partial charge on any atom is 0.234 e. The number of rotatable bonds is 7. The second-order valence-electron chi connectivity index (χ2n) is 6.59. The van der Waals surface area contributed by atoms with E-state index in [1.807, 2.05) is 42.5 Å². The standard InChI is InChI=1S/C23H19FN4O2S/c1-28-22(17-11-5-6-12-18(17)24)26-27-23(28)31-15-21(29)25-19-13-7-8-14-20(19)30-16-9-3-2-4-10-16/h2-14H,15H2,1H3,(H,25,29). The van der Waals surface area contributed by atoms with Crippen molar-refractivity contribution in [2.75, 3.05) is 11.1 Å². The summed E-state index contributed by atoms with van der Waals surface area (Å²) in [5.41, 5.74) is 0.933. The van der Waals surface area contributed by atoms with E-state index >= 15 is 0 Å². The van der Waals surface area contributed by atoms with Gasteiger partial charge in [-0.3, -0.25) is 4.79 Å². The fourth-order valence-electron chi connectivity index (χ4n) is 2.91. The van der Waals surface area contributed by atoms with Crippen LogP contribution in [-0.2, 0) is 11.8 Å². The number of anilines is 1. The number of hydrogen-bond donors (Lipinski definition) is 1. The molecule has 0 unspecified atom stereocenters. The first-order valence-corrected chi connectivity index (χ1v) is 10.5. The van der Waals surface area contributed by atoms with E-state index in [-0.39, 0.29) is 17.5 Å². The summed E-state index contributed by atoms with van der Waals surface area (Å²) in [4.78, 5) is 12.5. The van der Waals surface area contributed by atoms with E-state index in [2.05, 4.69) is 15.5 Å². The predicted molar refractivity (Wildman–Crippen MR) is 119 cm³/mol. The molecule has 0 saturated carbocycles. The van der Waals surface area contributed by atoms with Gasteiger partial charge in [-0.15, -0.1) is 10.2 Å². The Labute approximate surface area is 183 Å². The minimum absolute atomic E-state index is 0.114. The van der Waals surface area contributed by atoms with Crippen molar-refractivity contribution in [3.8, 4) is 22.9 Å². The Morgan fingerprint density at radius 3 is 2.52 bits per heavy atom. The Morgan fingerprint density at radius 1 is 1.00 bits per heavy atom. The molecule has 0 aliphatic carbocycles. The van der Waals surface area contributed by atoms with Crippen molar-refractivity contribution >= 4 is 23.4 Å². The number of hydrogen-bond acceptors (Lipinski definition) is 5. The fraction of sp³-hybridized carbons (Fsp3) is 0.0870. The minimum atomic E-state index is -0.373. The van der Waals surface area contributed by atoms with Crippen molar-refractivity contribution in [2.45, 2.75) is 5.16 Å². The summed E-state index contributed by atoms with van der Waals surface area (Å²) in [7, 11) is 1.74. The maximum absolute atomic E-state index is 14.1. The number of ether oxygens (including phenoxy) is 1. The quantitative estimate of drug-likeness (QED) is 0.408. The number of nitrogens with zero attached hydrogens (tertiary/aromatic N) is 3. The topological polar surface area (TPSA) is 69.0 Å². The minimum Gasteiger partial charge on any atom is -0.455 e. The molecule has 1 aromatic heterocycles. The van der Waals surface area contributed by atoms with Crippen molar-refractivity contribution in [2.24, 2.45) is 7.05 Å². The molecule has 0 fully saturated rings. The summed E-state index contributed by atoms with van der Waals surface area (Å²) in [6.45, 7) is 0. The van der Waals surface area contributed by atoms with Crippen LogP contribution in [0.25, 0.3) is 11.4 Å². The van der Waals surface area contributed by atoms with Gasteiger partial charge in [0, 0.05) is 7.05 Å². The number of nitrogens with one attached hydrogen (secondary N) is 1. The summed E-state index contributed by atoms with van der Waals surface area (Å²) < 4.78 is 21.6. The highest BCUT2D eigenvalue weighted by Gasteiger charge is 2.16. The van der Waals surface area contributed by atoms with E-state index < -0.39 is 0 Å². The molecule has 3 aromatic carbocycles. The van der Waals surface area contributed by atoms with E-state index in [0.717, 1.165) is 0 Å². The molecule has 0 saturated heterocycles. The first kappa shape index (κ1) is 20.6. The Balaban J connectivity index is 1.41. The molecule has 0 radical (unpaired) electrons. The number of carbonyl (C=O) groups is 1. The van der Waals surface area contributed by atoms with E-state index in [1.165, 1.54) is 17.8 Å². The van der Waals surface area contributed by atoms with Crippen LogP contribution in [0.2, 0.25) is 0 Å². The Kier molecular flexibility index (Phi) is 6.28. The molecule has 1 amide bonds. The maximum atomic E-state index is 14.1. The van der Waals surface area contributed by atoms with Gasteiger partial charge < -0.3 is 14.6 Å². The van der Waals surface area contributed by atoms with Gasteiger partial charge in [-0.1, -0.05) is 54.2 Å². The summed E-state index contributed by atoms with van der Waals surface area (Å²) in [6, 6.07) is 23.0. The van der Waals surface area contributed by atoms with Gasteiger partial charge in [0.25, 0.3) is 0 Å². The largest absolute Gasteiger partial charge is 0.455 e. The number of amides is 1. The Bertz CT molecular complexity index is 1200. The van der Waals surface area contributed by atoms with Crippen LogP contribution < -0.4 is 10.1 Å². The van der Waals surface area contributed by atoms with Gasteiger partial charge in [-0.25, -0.2) is 4.39 Å². The van der Waals surface area contributed by atoms with Crippen LogP contribution >= 0.6 is 11.8 Å². The van der Waals surface area contributed by atoms with Crippen LogP contribution in [0, 0.1) is 5.82 Å². The molecule has 0 spiro atoms. The first-order valence-electron chi connectivity index (χ1n) is 9.50. The van der Waals surface area contributed by atoms with Gasteiger partial charge in [0.05, 0.1) is 17.0 Å². The molecule has 4 rings (SSSR count). The second-order valence-corrected chi connectivity index (χ2v) is 7.54. The van der Waals surface area contributed by atoms with Crippen LogP contribution in [0.3, 0.4) is 0 Å². The van der Waals surface area contributed by atoms with Gasteiger partial charge >= 0.3 is 0 Å². The number of carbonyl (C=O) groups excluding carboxylic acids is 1. The van der Waals surface area contributed by atoms with Gasteiger partial charge in [0.2, 0.25) is 5.91 Å². The van der Waals surface area contributed by atoms with Crippen LogP contribution in [0.4, 0.5) is 10.1 Å². The molecule has 6 nitrogen and oxygen atoms in total. The van der Waals surface area contributed by atoms with Gasteiger partial charge in [0.1, 0.15) is 11.6 Å². The molecular weight excluding hydrogens is 415 g/mol. The van der Waals surface area contributed by atoms with Crippen LogP contribution in [0.1, 0.15) is 0 Å². The van der Waals surface area contributed by atoms with Crippen molar-refractivity contribution in [1.29, 1.82) is 0 Å². The number of para-hydroxylation sites is 3. The molecule has 1 heterocycles. The zero-order valence-electron chi connectivity index (χ0n) is 16.7. The highest BCUT2D eigenvalue weighted by molar-refractivity contribution is 7.99. The average Bonchev–Trinajstić information content (AvgIpc) is 3.15. The van der Waals surface area contributed by atoms with Crippen LogP contribution in [-0.4, -0.2) is 26.4 Å². The zero-order valence-corrected chi connectivity index (χ0v) is 17.5.